The van der Waals surface area contributed by atoms with Gasteiger partial charge in [-0.05, 0) is 24.5 Å². The number of nitrogens with one attached hydrogen (secondary N) is 2. The lowest BCUT2D eigenvalue weighted by Gasteiger charge is -2.11. The molecule has 0 atom stereocenters. The van der Waals surface area contributed by atoms with E-state index in [1.165, 1.54) is 0 Å². The smallest absolute Gasteiger partial charge is 0.225 e. The van der Waals surface area contributed by atoms with Crippen molar-refractivity contribution < 1.29 is 0 Å². The van der Waals surface area contributed by atoms with Crippen molar-refractivity contribution in [2.45, 2.75) is 27.3 Å². The first-order chi connectivity index (χ1) is 9.63. The highest BCUT2D eigenvalue weighted by molar-refractivity contribution is 5.42. The Bertz CT molecular complexity index is 539. The minimum atomic E-state index is 0.581. The Labute approximate surface area is 119 Å². The zero-order valence-electron chi connectivity index (χ0n) is 12.2. The average molecular weight is 271 g/mol. The summed E-state index contributed by atoms with van der Waals surface area (Å²) >= 11 is 0. The van der Waals surface area contributed by atoms with Crippen LogP contribution in [-0.4, -0.2) is 21.5 Å². The third-order valence-corrected chi connectivity index (χ3v) is 2.72. The Morgan fingerprint density at radius 2 is 2.05 bits per heavy atom. The second kappa shape index (κ2) is 6.84. The van der Waals surface area contributed by atoms with E-state index in [0.717, 1.165) is 23.6 Å². The SMILES string of the molecule is Cc1cc(NCC(C)C)nc(NCc2cccnc2)n1. The molecule has 0 radical (unpaired) electrons. The van der Waals surface area contributed by atoms with Crippen molar-refractivity contribution >= 4 is 11.8 Å². The van der Waals surface area contributed by atoms with Crippen LogP contribution in [0.15, 0.2) is 30.6 Å². The van der Waals surface area contributed by atoms with Crippen LogP contribution in [0.5, 0.6) is 0 Å². The van der Waals surface area contributed by atoms with Crippen molar-refractivity contribution in [3.8, 4) is 0 Å². The van der Waals surface area contributed by atoms with Crippen LogP contribution in [0, 0.1) is 12.8 Å². The van der Waals surface area contributed by atoms with Crippen molar-refractivity contribution in [3.63, 3.8) is 0 Å². The zero-order chi connectivity index (χ0) is 14.4. The molecule has 0 aliphatic carbocycles. The molecule has 2 N–H and O–H groups in total. The fourth-order valence-electron chi connectivity index (χ4n) is 1.73. The maximum absolute atomic E-state index is 4.47. The van der Waals surface area contributed by atoms with Crippen LogP contribution in [0.25, 0.3) is 0 Å². The Balaban J connectivity index is 2.00. The van der Waals surface area contributed by atoms with Crippen molar-refractivity contribution in [1.82, 2.24) is 15.0 Å². The van der Waals surface area contributed by atoms with Crippen molar-refractivity contribution in [2.75, 3.05) is 17.2 Å². The van der Waals surface area contributed by atoms with Gasteiger partial charge in [0.05, 0.1) is 0 Å². The van der Waals surface area contributed by atoms with Gasteiger partial charge in [0.25, 0.3) is 0 Å². The molecule has 0 bridgehead atoms. The Kier molecular flexibility index (Phi) is 4.87. The van der Waals surface area contributed by atoms with Crippen molar-refractivity contribution in [1.29, 1.82) is 0 Å². The van der Waals surface area contributed by atoms with E-state index in [9.17, 15) is 0 Å². The zero-order valence-corrected chi connectivity index (χ0v) is 12.2. The van der Waals surface area contributed by atoms with Crippen LogP contribution >= 0.6 is 0 Å². The van der Waals surface area contributed by atoms with Gasteiger partial charge in [0.1, 0.15) is 5.82 Å². The maximum atomic E-state index is 4.47. The van der Waals surface area contributed by atoms with Crippen LogP contribution < -0.4 is 10.6 Å². The number of rotatable bonds is 6. The molecule has 2 aromatic rings. The molecule has 0 aromatic carbocycles. The molecule has 0 saturated heterocycles. The van der Waals surface area contributed by atoms with Gasteiger partial charge >= 0.3 is 0 Å². The summed E-state index contributed by atoms with van der Waals surface area (Å²) in [5, 5.41) is 6.55. The Morgan fingerprint density at radius 1 is 1.20 bits per heavy atom. The minimum absolute atomic E-state index is 0.581. The lowest BCUT2D eigenvalue weighted by molar-refractivity contribution is 0.686. The Morgan fingerprint density at radius 3 is 2.75 bits per heavy atom. The Hall–Kier alpha value is -2.17. The van der Waals surface area contributed by atoms with E-state index in [0.29, 0.717) is 18.4 Å². The fourth-order valence-corrected chi connectivity index (χ4v) is 1.73. The van der Waals surface area contributed by atoms with Gasteiger partial charge in [-0.3, -0.25) is 4.98 Å². The van der Waals surface area contributed by atoms with Crippen molar-refractivity contribution in [3.05, 3.63) is 41.9 Å². The van der Waals surface area contributed by atoms with E-state index >= 15 is 0 Å². The second-order valence-electron chi connectivity index (χ2n) is 5.21. The van der Waals surface area contributed by atoms with Gasteiger partial charge in [-0.2, -0.15) is 4.98 Å². The third-order valence-electron chi connectivity index (χ3n) is 2.72. The monoisotopic (exact) mass is 271 g/mol. The van der Waals surface area contributed by atoms with Crippen LogP contribution in [0.4, 0.5) is 11.8 Å². The molecule has 0 aliphatic rings. The lowest BCUT2D eigenvalue weighted by atomic mass is 10.2. The highest BCUT2D eigenvalue weighted by atomic mass is 15.1. The number of hydrogen-bond acceptors (Lipinski definition) is 5. The van der Waals surface area contributed by atoms with Crippen LogP contribution in [0.2, 0.25) is 0 Å². The summed E-state index contributed by atoms with van der Waals surface area (Å²) in [5.41, 5.74) is 2.05. The summed E-state index contributed by atoms with van der Waals surface area (Å²) < 4.78 is 0. The molecular formula is C15H21N5. The molecule has 0 fully saturated rings. The molecule has 2 rings (SSSR count). The van der Waals surface area contributed by atoms with E-state index in [1.54, 1.807) is 6.20 Å². The van der Waals surface area contributed by atoms with E-state index in [2.05, 4.69) is 39.4 Å². The number of pyridine rings is 1. The van der Waals surface area contributed by atoms with Gasteiger partial charge in [-0.25, -0.2) is 4.98 Å². The summed E-state index contributed by atoms with van der Waals surface area (Å²) in [6.07, 6.45) is 3.60. The number of hydrogen-bond donors (Lipinski definition) is 2. The first-order valence-corrected chi connectivity index (χ1v) is 6.86. The maximum Gasteiger partial charge on any atom is 0.225 e. The number of anilines is 2. The summed E-state index contributed by atoms with van der Waals surface area (Å²) in [5.74, 6) is 2.08. The topological polar surface area (TPSA) is 62.7 Å². The first-order valence-electron chi connectivity index (χ1n) is 6.86. The molecule has 2 aromatic heterocycles. The van der Waals surface area contributed by atoms with E-state index in [-0.39, 0.29) is 0 Å². The average Bonchev–Trinajstić information content (AvgIpc) is 2.44. The number of aromatic nitrogens is 3. The molecular weight excluding hydrogens is 250 g/mol. The summed E-state index contributed by atoms with van der Waals surface area (Å²) in [6, 6.07) is 5.90. The third kappa shape index (κ3) is 4.50. The van der Waals surface area contributed by atoms with E-state index in [1.807, 2.05) is 31.3 Å². The lowest BCUT2D eigenvalue weighted by Crippen LogP contribution is -2.11. The molecule has 0 spiro atoms. The van der Waals surface area contributed by atoms with Crippen LogP contribution in [-0.2, 0) is 6.54 Å². The van der Waals surface area contributed by atoms with Crippen LogP contribution in [0.1, 0.15) is 25.1 Å². The molecule has 2 heterocycles. The second-order valence-corrected chi connectivity index (χ2v) is 5.21. The molecule has 0 saturated carbocycles. The molecule has 5 heteroatoms. The normalized spacial score (nSPS) is 10.6. The van der Waals surface area contributed by atoms with Gasteiger partial charge in [0, 0.05) is 37.2 Å². The quantitative estimate of drug-likeness (QED) is 0.846. The van der Waals surface area contributed by atoms with Crippen molar-refractivity contribution in [2.24, 2.45) is 5.92 Å². The molecule has 0 aliphatic heterocycles. The predicted molar refractivity (Wildman–Crippen MR) is 81.7 cm³/mol. The highest BCUT2D eigenvalue weighted by Gasteiger charge is 2.03. The van der Waals surface area contributed by atoms with Gasteiger partial charge in [-0.1, -0.05) is 19.9 Å². The minimum Gasteiger partial charge on any atom is -0.370 e. The molecule has 0 unspecified atom stereocenters. The fraction of sp³-hybridized carbons (Fsp3) is 0.400. The summed E-state index contributed by atoms with van der Waals surface area (Å²) in [6.45, 7) is 7.88. The predicted octanol–water partition coefficient (Wildman–Crippen LogP) is 2.86. The van der Waals surface area contributed by atoms with E-state index in [4.69, 9.17) is 0 Å². The van der Waals surface area contributed by atoms with Gasteiger partial charge < -0.3 is 10.6 Å². The first kappa shape index (κ1) is 14.2. The molecule has 20 heavy (non-hydrogen) atoms. The molecule has 0 amide bonds. The highest BCUT2D eigenvalue weighted by Crippen LogP contribution is 2.11. The summed E-state index contributed by atoms with van der Waals surface area (Å²) in [4.78, 5) is 12.9. The molecule has 5 nitrogen and oxygen atoms in total. The molecule has 106 valence electrons. The standard InChI is InChI=1S/C15H21N5/c1-11(2)8-17-14-7-12(3)19-15(20-14)18-10-13-5-4-6-16-9-13/h4-7,9,11H,8,10H2,1-3H3,(H2,17,18,19,20). The largest absolute Gasteiger partial charge is 0.370 e. The van der Waals surface area contributed by atoms with Gasteiger partial charge in [0.2, 0.25) is 5.95 Å². The van der Waals surface area contributed by atoms with Gasteiger partial charge in [0.15, 0.2) is 0 Å². The van der Waals surface area contributed by atoms with Crippen LogP contribution in [0.3, 0.4) is 0 Å². The van der Waals surface area contributed by atoms with E-state index < -0.39 is 0 Å². The van der Waals surface area contributed by atoms with Gasteiger partial charge in [-0.15, -0.1) is 0 Å². The number of nitrogens with zero attached hydrogens (tertiary/aromatic N) is 3. The summed E-state index contributed by atoms with van der Waals surface area (Å²) in [7, 11) is 0. The number of aryl methyl sites for hydroxylation is 1.